The molecule has 0 bridgehead atoms. The van der Waals surface area contributed by atoms with Crippen LogP contribution >= 0.6 is 24.0 Å². The maximum Gasteiger partial charge on any atom is 0.191 e. The predicted octanol–water partition coefficient (Wildman–Crippen LogP) is 3.39. The number of benzene rings is 1. The smallest absolute Gasteiger partial charge is 0.191 e. The Bertz CT molecular complexity index is 727. The molecule has 1 fully saturated rings. The van der Waals surface area contributed by atoms with Crippen LogP contribution in [0.1, 0.15) is 36.8 Å². The van der Waals surface area contributed by atoms with Crippen LogP contribution < -0.4 is 10.6 Å². The zero-order valence-electron chi connectivity index (χ0n) is 14.5. The van der Waals surface area contributed by atoms with Gasteiger partial charge in [0.15, 0.2) is 11.7 Å². The van der Waals surface area contributed by atoms with E-state index >= 15 is 0 Å². The van der Waals surface area contributed by atoms with Crippen molar-refractivity contribution in [1.29, 1.82) is 0 Å². The molecule has 136 valence electrons. The molecular weight excluding hydrogens is 434 g/mol. The van der Waals surface area contributed by atoms with E-state index in [0.29, 0.717) is 19.0 Å². The van der Waals surface area contributed by atoms with Gasteiger partial charge in [-0.25, -0.2) is 4.39 Å². The van der Waals surface area contributed by atoms with Crippen LogP contribution in [0.15, 0.2) is 39.8 Å². The van der Waals surface area contributed by atoms with Gasteiger partial charge in [0.2, 0.25) is 0 Å². The third kappa shape index (κ3) is 4.71. The van der Waals surface area contributed by atoms with Crippen molar-refractivity contribution >= 4 is 29.9 Å². The third-order valence-corrected chi connectivity index (χ3v) is 4.52. The van der Waals surface area contributed by atoms with E-state index in [1.807, 2.05) is 25.1 Å². The van der Waals surface area contributed by atoms with Gasteiger partial charge in [-0.05, 0) is 30.9 Å². The fourth-order valence-electron chi connectivity index (χ4n) is 2.83. The first kappa shape index (κ1) is 19.7. The molecule has 2 aromatic rings. The van der Waals surface area contributed by atoms with Gasteiger partial charge >= 0.3 is 0 Å². The fourth-order valence-corrected chi connectivity index (χ4v) is 2.83. The molecule has 1 saturated carbocycles. The first-order valence-corrected chi connectivity index (χ1v) is 8.31. The molecule has 1 heterocycles. The van der Waals surface area contributed by atoms with Gasteiger partial charge in [-0.1, -0.05) is 30.3 Å². The molecule has 0 aliphatic heterocycles. The molecule has 3 rings (SSSR count). The number of hydrogen-bond acceptors (Lipinski definition) is 3. The lowest BCUT2D eigenvalue weighted by Gasteiger charge is -2.19. The highest BCUT2D eigenvalue weighted by Gasteiger charge is 2.45. The molecule has 0 radical (unpaired) electrons. The van der Waals surface area contributed by atoms with Crippen molar-refractivity contribution in [3.8, 4) is 0 Å². The van der Waals surface area contributed by atoms with Gasteiger partial charge in [0, 0.05) is 25.1 Å². The van der Waals surface area contributed by atoms with Crippen molar-refractivity contribution in [2.45, 2.75) is 38.1 Å². The van der Waals surface area contributed by atoms with Gasteiger partial charge in [-0.3, -0.25) is 4.99 Å². The highest BCUT2D eigenvalue weighted by molar-refractivity contribution is 14.0. The second-order valence-corrected chi connectivity index (χ2v) is 6.18. The van der Waals surface area contributed by atoms with Crippen LogP contribution in [0.3, 0.4) is 0 Å². The summed E-state index contributed by atoms with van der Waals surface area (Å²) in [5.41, 5.74) is 1.60. The van der Waals surface area contributed by atoms with Crippen molar-refractivity contribution in [2.24, 2.45) is 4.99 Å². The summed E-state index contributed by atoms with van der Waals surface area (Å²) < 4.78 is 19.3. The van der Waals surface area contributed by atoms with Gasteiger partial charge in [0.1, 0.15) is 5.82 Å². The van der Waals surface area contributed by atoms with E-state index in [-0.39, 0.29) is 35.2 Å². The lowest BCUT2D eigenvalue weighted by atomic mass is 9.95. The molecule has 0 spiro atoms. The molecule has 1 aromatic heterocycles. The number of aryl methyl sites for hydroxylation is 1. The fraction of sp³-hybridized carbons (Fsp3) is 0.444. The minimum absolute atomic E-state index is 0. The van der Waals surface area contributed by atoms with E-state index in [1.54, 1.807) is 13.1 Å². The average molecular weight is 458 g/mol. The number of rotatable bonds is 6. The molecular formula is C18H24FIN4O. The maximum absolute atomic E-state index is 14.0. The van der Waals surface area contributed by atoms with Crippen LogP contribution in [0.25, 0.3) is 0 Å². The third-order valence-electron chi connectivity index (χ3n) is 4.52. The standard InChI is InChI=1S/C18H23FN4O.HI/c1-3-13-10-14(24-23-13)11-21-17(20-2)22-12-18(8-9-18)15-6-4-5-7-16(15)19;/h4-7,10H,3,8-9,11-12H2,1-2H3,(H2,20,21,22);1H. The molecule has 0 atom stereocenters. The molecule has 1 aliphatic rings. The number of halogens is 2. The van der Waals surface area contributed by atoms with Gasteiger partial charge in [0.05, 0.1) is 12.2 Å². The summed E-state index contributed by atoms with van der Waals surface area (Å²) >= 11 is 0. The van der Waals surface area contributed by atoms with Crippen LogP contribution in [0.2, 0.25) is 0 Å². The zero-order valence-corrected chi connectivity index (χ0v) is 16.8. The number of guanidine groups is 1. The molecule has 7 heteroatoms. The molecule has 25 heavy (non-hydrogen) atoms. The molecule has 1 aliphatic carbocycles. The summed E-state index contributed by atoms with van der Waals surface area (Å²) in [5, 5.41) is 10.5. The normalized spacial score (nSPS) is 15.4. The average Bonchev–Trinajstić information content (AvgIpc) is 3.24. The van der Waals surface area contributed by atoms with Crippen molar-refractivity contribution in [3.63, 3.8) is 0 Å². The minimum atomic E-state index is -0.131. The van der Waals surface area contributed by atoms with E-state index in [9.17, 15) is 4.39 Å². The van der Waals surface area contributed by atoms with Crippen LogP contribution in [0.4, 0.5) is 4.39 Å². The summed E-state index contributed by atoms with van der Waals surface area (Å²) in [5.74, 6) is 1.31. The Hall–Kier alpha value is -1.64. The summed E-state index contributed by atoms with van der Waals surface area (Å²) in [7, 11) is 1.72. The second-order valence-electron chi connectivity index (χ2n) is 6.18. The number of nitrogens with zero attached hydrogens (tertiary/aromatic N) is 2. The zero-order chi connectivity index (χ0) is 17.0. The van der Waals surface area contributed by atoms with E-state index < -0.39 is 0 Å². The highest BCUT2D eigenvalue weighted by Crippen LogP contribution is 2.48. The van der Waals surface area contributed by atoms with Gasteiger partial charge in [-0.2, -0.15) is 0 Å². The van der Waals surface area contributed by atoms with Crippen molar-refractivity contribution < 1.29 is 8.91 Å². The lowest BCUT2D eigenvalue weighted by Crippen LogP contribution is -2.41. The van der Waals surface area contributed by atoms with E-state index in [1.165, 1.54) is 6.07 Å². The second kappa shape index (κ2) is 8.64. The number of nitrogens with one attached hydrogen (secondary N) is 2. The largest absolute Gasteiger partial charge is 0.359 e. The summed E-state index contributed by atoms with van der Waals surface area (Å²) in [6.07, 6.45) is 2.82. The SMILES string of the molecule is CCc1cc(CNC(=NC)NCC2(c3ccccc3F)CC2)on1.I. The molecule has 5 nitrogen and oxygen atoms in total. The maximum atomic E-state index is 14.0. The monoisotopic (exact) mass is 458 g/mol. The minimum Gasteiger partial charge on any atom is -0.359 e. The van der Waals surface area contributed by atoms with Crippen molar-refractivity contribution in [1.82, 2.24) is 15.8 Å². The number of aliphatic imine (C=N–C) groups is 1. The predicted molar refractivity (Wildman–Crippen MR) is 107 cm³/mol. The Kier molecular flexibility index (Phi) is 6.80. The van der Waals surface area contributed by atoms with Crippen molar-refractivity contribution in [2.75, 3.05) is 13.6 Å². The highest BCUT2D eigenvalue weighted by atomic mass is 127. The van der Waals surface area contributed by atoms with Crippen LogP contribution in [-0.2, 0) is 18.4 Å². The Morgan fingerprint density at radius 2 is 2.08 bits per heavy atom. The molecule has 1 aromatic carbocycles. The Labute approximate surface area is 164 Å². The number of hydrogen-bond donors (Lipinski definition) is 2. The van der Waals surface area contributed by atoms with Gasteiger partial charge in [0.25, 0.3) is 0 Å². The van der Waals surface area contributed by atoms with Crippen LogP contribution in [-0.4, -0.2) is 24.7 Å². The Morgan fingerprint density at radius 3 is 2.68 bits per heavy atom. The molecule has 0 saturated heterocycles. The van der Waals surface area contributed by atoms with Gasteiger partial charge in [-0.15, -0.1) is 24.0 Å². The van der Waals surface area contributed by atoms with E-state index in [2.05, 4.69) is 20.8 Å². The topological polar surface area (TPSA) is 62.5 Å². The number of aromatic nitrogens is 1. The molecule has 0 unspecified atom stereocenters. The molecule has 0 amide bonds. The Balaban J connectivity index is 0.00000225. The molecule has 2 N–H and O–H groups in total. The van der Waals surface area contributed by atoms with Crippen LogP contribution in [0.5, 0.6) is 0 Å². The first-order valence-electron chi connectivity index (χ1n) is 8.31. The van der Waals surface area contributed by atoms with Crippen LogP contribution in [0, 0.1) is 5.82 Å². The van der Waals surface area contributed by atoms with Crippen molar-refractivity contribution in [3.05, 3.63) is 53.2 Å². The summed E-state index contributed by atoms with van der Waals surface area (Å²) in [4.78, 5) is 4.22. The van der Waals surface area contributed by atoms with E-state index in [4.69, 9.17) is 4.52 Å². The lowest BCUT2D eigenvalue weighted by molar-refractivity contribution is 0.374. The van der Waals surface area contributed by atoms with Gasteiger partial charge < -0.3 is 15.2 Å². The Morgan fingerprint density at radius 1 is 1.32 bits per heavy atom. The first-order chi connectivity index (χ1) is 11.7. The quantitative estimate of drug-likeness (QED) is 0.396. The summed E-state index contributed by atoms with van der Waals surface area (Å²) in [6.45, 7) is 3.21. The van der Waals surface area contributed by atoms with E-state index in [0.717, 1.165) is 36.3 Å². The summed E-state index contributed by atoms with van der Waals surface area (Å²) in [6, 6.07) is 8.95.